The van der Waals surface area contributed by atoms with Gasteiger partial charge in [0.15, 0.2) is 0 Å². The number of hydrogen-bond acceptors (Lipinski definition) is 8. The van der Waals surface area contributed by atoms with E-state index in [-0.39, 0.29) is 37.2 Å². The van der Waals surface area contributed by atoms with Crippen molar-refractivity contribution in [3.63, 3.8) is 0 Å². The van der Waals surface area contributed by atoms with E-state index in [0.29, 0.717) is 27.3 Å². The summed E-state index contributed by atoms with van der Waals surface area (Å²) in [6, 6.07) is 0. The summed E-state index contributed by atoms with van der Waals surface area (Å²) < 4.78 is 82.6. The summed E-state index contributed by atoms with van der Waals surface area (Å²) in [7, 11) is 1.46. The van der Waals surface area contributed by atoms with Gasteiger partial charge in [-0.3, -0.25) is 9.69 Å². The number of cyclic esters (lactones) is 1. The number of phenolic OH excluding ortho intramolecular Hbond substituents is 1. The number of methoxy groups -OCH3 is 1. The smallest absolute Gasteiger partial charge is 0.342 e. The molecule has 170 valence electrons. The summed E-state index contributed by atoms with van der Waals surface area (Å²) in [6.45, 7) is -9.98. The van der Waals surface area contributed by atoms with E-state index >= 15 is 0 Å². The molecule has 0 aromatic heterocycles. The molecular formula is C23H31NO7. The van der Waals surface area contributed by atoms with Crippen molar-refractivity contribution in [1.82, 2.24) is 4.90 Å². The van der Waals surface area contributed by atoms with E-state index < -0.39 is 51.2 Å². The first-order valence-electron chi connectivity index (χ1n) is 13.8. The van der Waals surface area contributed by atoms with Crippen molar-refractivity contribution in [2.24, 2.45) is 0 Å². The van der Waals surface area contributed by atoms with Crippen molar-refractivity contribution in [2.75, 3.05) is 46.4 Å². The zero-order valence-corrected chi connectivity index (χ0v) is 17.7. The van der Waals surface area contributed by atoms with Gasteiger partial charge < -0.3 is 24.1 Å². The Balaban J connectivity index is 1.59. The van der Waals surface area contributed by atoms with Crippen molar-refractivity contribution >= 4 is 11.9 Å². The van der Waals surface area contributed by atoms with Crippen LogP contribution in [0, 0.1) is 6.92 Å². The second-order valence-electron chi connectivity index (χ2n) is 7.07. The number of ether oxygens (including phenoxy) is 4. The van der Waals surface area contributed by atoms with Crippen molar-refractivity contribution in [3.8, 4) is 11.5 Å². The van der Waals surface area contributed by atoms with Gasteiger partial charge in [0.05, 0.1) is 25.7 Å². The molecule has 8 nitrogen and oxygen atoms in total. The molecule has 1 N–H and O–H groups in total. The molecule has 2 aliphatic heterocycles. The molecule has 0 radical (unpaired) electrons. The molecule has 3 rings (SSSR count). The third-order valence-electron chi connectivity index (χ3n) is 5.07. The van der Waals surface area contributed by atoms with Crippen LogP contribution >= 0.6 is 0 Å². The second-order valence-corrected chi connectivity index (χ2v) is 7.07. The highest BCUT2D eigenvalue weighted by atomic mass is 16.5. The minimum Gasteiger partial charge on any atom is -0.507 e. The van der Waals surface area contributed by atoms with Gasteiger partial charge in [-0.15, -0.1) is 0 Å². The first-order valence-corrected chi connectivity index (χ1v) is 9.76. The minimum atomic E-state index is -3.16. The SMILES string of the molecule is [2H]C1([2H])OC([2H])([2H])C([2H])([2H])N(CCOC(=O)CC/C(C)=C/Cc2c(O)c3c(c(C)c2OC)COC3=O)C1([2H])[2H]. The van der Waals surface area contributed by atoms with E-state index in [4.69, 9.17) is 25.2 Å². The fraction of sp³-hybridized carbons (Fsp3) is 0.565. The number of carbonyl (C=O) groups excluding carboxylic acids is 2. The Hall–Kier alpha value is -2.58. The van der Waals surface area contributed by atoms with Crippen molar-refractivity contribution in [3.05, 3.63) is 33.9 Å². The molecule has 0 unspecified atom stereocenters. The van der Waals surface area contributed by atoms with Gasteiger partial charge in [-0.1, -0.05) is 11.6 Å². The number of fused-ring (bicyclic) bond motifs is 1. The summed E-state index contributed by atoms with van der Waals surface area (Å²) in [5, 5.41) is 10.7. The van der Waals surface area contributed by atoms with Crippen molar-refractivity contribution in [2.45, 2.75) is 39.7 Å². The molecule has 2 aliphatic rings. The lowest BCUT2D eigenvalue weighted by Crippen LogP contribution is -2.38. The Morgan fingerprint density at radius 1 is 1.32 bits per heavy atom. The normalized spacial score (nSPS) is 27.1. The predicted molar refractivity (Wildman–Crippen MR) is 113 cm³/mol. The van der Waals surface area contributed by atoms with E-state index in [1.165, 1.54) is 7.11 Å². The maximum absolute atomic E-state index is 12.3. The summed E-state index contributed by atoms with van der Waals surface area (Å²) in [5.41, 5.74) is 2.55. The molecule has 1 aromatic rings. The molecule has 1 fully saturated rings. The minimum absolute atomic E-state index is 0.0576. The summed E-state index contributed by atoms with van der Waals surface area (Å²) in [4.78, 5) is 24.6. The molecule has 0 atom stereocenters. The topological polar surface area (TPSA) is 94.5 Å². The quantitative estimate of drug-likeness (QED) is 0.461. The van der Waals surface area contributed by atoms with Crippen LogP contribution in [0.25, 0.3) is 0 Å². The number of nitrogens with zero attached hydrogens (tertiary/aromatic N) is 1. The summed E-state index contributed by atoms with van der Waals surface area (Å²) in [5.74, 6) is -1.07. The second kappa shape index (κ2) is 10.6. The van der Waals surface area contributed by atoms with Gasteiger partial charge in [0, 0.05) is 42.6 Å². The van der Waals surface area contributed by atoms with Gasteiger partial charge in [-0.25, -0.2) is 4.79 Å². The van der Waals surface area contributed by atoms with Gasteiger partial charge in [0.25, 0.3) is 0 Å². The first-order chi connectivity index (χ1) is 17.9. The van der Waals surface area contributed by atoms with Gasteiger partial charge >= 0.3 is 11.9 Å². The lowest BCUT2D eigenvalue weighted by Gasteiger charge is -2.26. The summed E-state index contributed by atoms with van der Waals surface area (Å²) in [6.07, 6.45) is 2.16. The lowest BCUT2D eigenvalue weighted by molar-refractivity contribution is -0.144. The fourth-order valence-corrected chi connectivity index (χ4v) is 3.35. The highest BCUT2D eigenvalue weighted by Crippen LogP contribution is 2.42. The third-order valence-corrected chi connectivity index (χ3v) is 5.07. The number of morpholine rings is 1. The molecule has 1 saturated heterocycles. The fourth-order valence-electron chi connectivity index (χ4n) is 3.35. The summed E-state index contributed by atoms with van der Waals surface area (Å²) >= 11 is 0. The molecule has 1 aromatic carbocycles. The number of allylic oxidation sites excluding steroid dienone is 2. The Morgan fingerprint density at radius 3 is 2.77 bits per heavy atom. The van der Waals surface area contributed by atoms with Crippen LogP contribution in [-0.4, -0.2) is 68.3 Å². The Kier molecular flexibility index (Phi) is 4.97. The van der Waals surface area contributed by atoms with Crippen LogP contribution in [0.15, 0.2) is 11.6 Å². The molecule has 0 amide bonds. The Morgan fingerprint density at radius 2 is 2.06 bits per heavy atom. The Labute approximate surface area is 194 Å². The van der Waals surface area contributed by atoms with Crippen molar-refractivity contribution < 1.29 is 44.6 Å². The first kappa shape index (κ1) is 14.5. The highest BCUT2D eigenvalue weighted by molar-refractivity contribution is 5.98. The number of aromatic hydroxyl groups is 1. The number of rotatable bonds is 9. The van der Waals surface area contributed by atoms with E-state index in [2.05, 4.69) is 4.74 Å². The number of hydrogen-bond donors (Lipinski definition) is 1. The zero-order valence-electron chi connectivity index (χ0n) is 25.7. The van der Waals surface area contributed by atoms with Crippen LogP contribution in [0.3, 0.4) is 0 Å². The van der Waals surface area contributed by atoms with Crippen LogP contribution in [0.5, 0.6) is 11.5 Å². The molecule has 2 heterocycles. The molecule has 31 heavy (non-hydrogen) atoms. The maximum Gasteiger partial charge on any atom is 0.342 e. The van der Waals surface area contributed by atoms with Gasteiger partial charge in [-0.05, 0) is 32.3 Å². The highest BCUT2D eigenvalue weighted by Gasteiger charge is 2.31. The Bertz CT molecular complexity index is 1160. The average molecular weight is 442 g/mol. The standard InChI is InChI=1S/C23H31NO7/c1-15(5-7-19(25)30-13-10-24-8-11-29-12-9-24)4-6-17-21(26)20-18(14-31-23(20)27)16(2)22(17)28-3/h4,26H,5-14H2,1-3H3/b15-4+/i8D2,9D2,11D2,12D2. The van der Waals surface area contributed by atoms with Gasteiger partial charge in [-0.2, -0.15) is 0 Å². The average Bonchev–Trinajstić information content (AvgIpc) is 3.21. The van der Waals surface area contributed by atoms with Crippen LogP contribution in [-0.2, 0) is 32.0 Å². The molecule has 0 bridgehead atoms. The van der Waals surface area contributed by atoms with Crippen LogP contribution < -0.4 is 4.74 Å². The van der Waals surface area contributed by atoms with E-state index in [0.717, 1.165) is 5.57 Å². The molecule has 0 spiro atoms. The molecule has 8 heteroatoms. The molecule has 0 saturated carbocycles. The monoisotopic (exact) mass is 441 g/mol. The van der Waals surface area contributed by atoms with E-state index in [1.54, 1.807) is 19.9 Å². The van der Waals surface area contributed by atoms with E-state index in [1.807, 2.05) is 0 Å². The zero-order chi connectivity index (χ0) is 29.6. The third kappa shape index (κ3) is 5.57. The van der Waals surface area contributed by atoms with Crippen LogP contribution in [0.1, 0.15) is 57.8 Å². The van der Waals surface area contributed by atoms with E-state index in [9.17, 15) is 14.7 Å². The predicted octanol–water partition coefficient (Wildman–Crippen LogP) is 2.52. The number of phenols is 1. The number of carbonyl (C=O) groups is 2. The number of esters is 2. The van der Waals surface area contributed by atoms with Crippen LogP contribution in [0.2, 0.25) is 0 Å². The van der Waals surface area contributed by atoms with Gasteiger partial charge in [0.1, 0.15) is 30.3 Å². The lowest BCUT2D eigenvalue weighted by atomic mass is 9.94. The molecular weight excluding hydrogens is 402 g/mol. The molecule has 0 aliphatic carbocycles. The maximum atomic E-state index is 12.3. The van der Waals surface area contributed by atoms with Crippen LogP contribution in [0.4, 0.5) is 0 Å². The largest absolute Gasteiger partial charge is 0.507 e. The van der Waals surface area contributed by atoms with Crippen molar-refractivity contribution in [1.29, 1.82) is 0 Å². The number of benzene rings is 1. The van der Waals surface area contributed by atoms with Gasteiger partial charge in [0.2, 0.25) is 0 Å².